The summed E-state index contributed by atoms with van der Waals surface area (Å²) in [6, 6.07) is 15.9. The van der Waals surface area contributed by atoms with Gasteiger partial charge in [-0.05, 0) is 42.8 Å². The van der Waals surface area contributed by atoms with Crippen molar-refractivity contribution in [2.75, 3.05) is 12.4 Å². The molecule has 0 amide bonds. The Morgan fingerprint density at radius 3 is 2.24 bits per heavy atom. The third-order valence-electron chi connectivity index (χ3n) is 3.27. The van der Waals surface area contributed by atoms with Crippen molar-refractivity contribution in [2.24, 2.45) is 0 Å². The lowest BCUT2D eigenvalue weighted by Gasteiger charge is -2.07. The zero-order valence-corrected chi connectivity index (χ0v) is 12.3. The molecule has 0 spiro atoms. The van der Waals surface area contributed by atoms with Crippen LogP contribution in [0.3, 0.4) is 0 Å². The molecule has 1 atom stereocenters. The van der Waals surface area contributed by atoms with Crippen molar-refractivity contribution in [3.05, 3.63) is 54.6 Å². The Balaban J connectivity index is 1.68. The van der Waals surface area contributed by atoms with Crippen LogP contribution >= 0.6 is 0 Å². The van der Waals surface area contributed by atoms with E-state index in [2.05, 4.69) is 0 Å². The molecule has 1 aliphatic heterocycles. The van der Waals surface area contributed by atoms with Gasteiger partial charge in [-0.1, -0.05) is 18.2 Å². The highest BCUT2D eigenvalue weighted by atomic mass is 32.2. The first-order chi connectivity index (χ1) is 10.1. The second-order valence-corrected chi connectivity index (χ2v) is 7.06. The van der Waals surface area contributed by atoms with Crippen molar-refractivity contribution in [3.63, 3.8) is 0 Å². The number of rotatable bonds is 6. The highest BCUT2D eigenvalue weighted by Crippen LogP contribution is 2.24. The largest absolute Gasteiger partial charge is 0.457 e. The minimum absolute atomic E-state index is 0.122. The monoisotopic (exact) mass is 304 g/mol. The quantitative estimate of drug-likeness (QED) is 0.770. The fraction of sp³-hybridized carbons (Fsp3) is 0.250. The average molecular weight is 304 g/mol. The standard InChI is InChI=1S/C16H16O4S/c17-21(18,11-10-15-12-19-15)16-8-6-14(7-9-16)20-13-4-2-1-3-5-13/h1-9,15H,10-12H2. The normalized spacial score (nSPS) is 17.4. The van der Waals surface area contributed by atoms with Gasteiger partial charge in [-0.3, -0.25) is 0 Å². The molecule has 4 nitrogen and oxygen atoms in total. The lowest BCUT2D eigenvalue weighted by molar-refractivity contribution is 0.403. The number of ether oxygens (including phenoxy) is 2. The summed E-state index contributed by atoms with van der Waals surface area (Å²) in [6.07, 6.45) is 0.686. The molecule has 2 aromatic carbocycles. The van der Waals surface area contributed by atoms with E-state index in [0.717, 1.165) is 5.75 Å². The molecule has 1 unspecified atom stereocenters. The first-order valence-electron chi connectivity index (χ1n) is 6.81. The summed E-state index contributed by atoms with van der Waals surface area (Å²) in [6.45, 7) is 0.680. The van der Waals surface area contributed by atoms with Crippen molar-refractivity contribution in [3.8, 4) is 11.5 Å². The molecule has 1 aliphatic rings. The SMILES string of the molecule is O=S(=O)(CCC1CO1)c1ccc(Oc2ccccc2)cc1. The molecular weight excluding hydrogens is 288 g/mol. The van der Waals surface area contributed by atoms with Crippen LogP contribution in [-0.4, -0.2) is 26.9 Å². The van der Waals surface area contributed by atoms with Gasteiger partial charge in [0.05, 0.1) is 23.4 Å². The van der Waals surface area contributed by atoms with Gasteiger partial charge in [0.15, 0.2) is 9.84 Å². The molecule has 3 rings (SSSR count). The number of sulfone groups is 1. The summed E-state index contributed by atoms with van der Waals surface area (Å²) in [5, 5.41) is 0. The van der Waals surface area contributed by atoms with Gasteiger partial charge in [0.1, 0.15) is 11.5 Å². The van der Waals surface area contributed by atoms with Gasteiger partial charge in [0.2, 0.25) is 0 Å². The average Bonchev–Trinajstić information content (AvgIpc) is 3.31. The summed E-state index contributed by atoms with van der Waals surface area (Å²) in [5.41, 5.74) is 0. The Bertz CT molecular complexity index is 689. The molecule has 0 N–H and O–H groups in total. The zero-order chi connectivity index (χ0) is 14.7. The van der Waals surface area contributed by atoms with Gasteiger partial charge in [-0.15, -0.1) is 0 Å². The molecule has 0 bridgehead atoms. The Hall–Kier alpha value is -1.85. The van der Waals surface area contributed by atoms with Crippen molar-refractivity contribution < 1.29 is 17.9 Å². The molecule has 2 aromatic rings. The van der Waals surface area contributed by atoms with E-state index < -0.39 is 9.84 Å². The van der Waals surface area contributed by atoms with Crippen LogP contribution in [0.25, 0.3) is 0 Å². The fourth-order valence-corrected chi connectivity index (χ4v) is 3.34. The van der Waals surface area contributed by atoms with Crippen LogP contribution < -0.4 is 4.74 Å². The lowest BCUT2D eigenvalue weighted by atomic mass is 10.3. The van der Waals surface area contributed by atoms with Gasteiger partial charge in [0, 0.05) is 0 Å². The van der Waals surface area contributed by atoms with Crippen LogP contribution in [0, 0.1) is 0 Å². The zero-order valence-electron chi connectivity index (χ0n) is 11.4. The maximum atomic E-state index is 12.1. The molecule has 1 heterocycles. The van der Waals surface area contributed by atoms with Crippen LogP contribution in [0.5, 0.6) is 11.5 Å². The van der Waals surface area contributed by atoms with Crippen molar-refractivity contribution in [2.45, 2.75) is 17.4 Å². The van der Waals surface area contributed by atoms with Crippen LogP contribution in [0.4, 0.5) is 0 Å². The highest BCUT2D eigenvalue weighted by molar-refractivity contribution is 7.91. The van der Waals surface area contributed by atoms with E-state index in [-0.39, 0.29) is 11.9 Å². The second kappa shape index (κ2) is 5.87. The Labute approximate surface area is 124 Å². The molecule has 0 radical (unpaired) electrons. The van der Waals surface area contributed by atoms with Gasteiger partial charge < -0.3 is 9.47 Å². The van der Waals surface area contributed by atoms with Crippen molar-refractivity contribution in [1.29, 1.82) is 0 Å². The maximum absolute atomic E-state index is 12.1. The Morgan fingerprint density at radius 1 is 1.00 bits per heavy atom. The lowest BCUT2D eigenvalue weighted by Crippen LogP contribution is -2.08. The van der Waals surface area contributed by atoms with Crippen LogP contribution in [-0.2, 0) is 14.6 Å². The summed E-state index contributed by atoms with van der Waals surface area (Å²) in [5.74, 6) is 1.46. The van der Waals surface area contributed by atoms with E-state index in [4.69, 9.17) is 9.47 Å². The van der Waals surface area contributed by atoms with Crippen LogP contribution in [0.2, 0.25) is 0 Å². The first kappa shape index (κ1) is 14.1. The molecule has 1 fully saturated rings. The molecule has 0 aliphatic carbocycles. The summed E-state index contributed by atoms with van der Waals surface area (Å²) >= 11 is 0. The number of para-hydroxylation sites is 1. The molecule has 21 heavy (non-hydrogen) atoms. The number of epoxide rings is 1. The van der Waals surface area contributed by atoms with E-state index in [9.17, 15) is 8.42 Å². The highest BCUT2D eigenvalue weighted by Gasteiger charge is 2.25. The van der Waals surface area contributed by atoms with Gasteiger partial charge >= 0.3 is 0 Å². The third kappa shape index (κ3) is 3.83. The third-order valence-corrected chi connectivity index (χ3v) is 5.04. The molecular formula is C16H16O4S. The fourth-order valence-electron chi connectivity index (χ4n) is 1.98. The van der Waals surface area contributed by atoms with Gasteiger partial charge in [0.25, 0.3) is 0 Å². The summed E-state index contributed by atoms with van der Waals surface area (Å²) in [4.78, 5) is 0.323. The molecule has 5 heteroatoms. The smallest absolute Gasteiger partial charge is 0.178 e. The van der Waals surface area contributed by atoms with Crippen LogP contribution in [0.15, 0.2) is 59.5 Å². The molecule has 110 valence electrons. The summed E-state index contributed by atoms with van der Waals surface area (Å²) < 4.78 is 35.0. The minimum atomic E-state index is -3.24. The Morgan fingerprint density at radius 2 is 1.62 bits per heavy atom. The first-order valence-corrected chi connectivity index (χ1v) is 8.46. The van der Waals surface area contributed by atoms with Gasteiger partial charge in [-0.25, -0.2) is 8.42 Å². The number of hydrogen-bond donors (Lipinski definition) is 0. The molecule has 0 saturated carbocycles. The Kier molecular flexibility index (Phi) is 3.94. The molecule has 1 saturated heterocycles. The van der Waals surface area contributed by atoms with Gasteiger partial charge in [-0.2, -0.15) is 0 Å². The van der Waals surface area contributed by atoms with E-state index in [1.807, 2.05) is 30.3 Å². The van der Waals surface area contributed by atoms with Crippen molar-refractivity contribution in [1.82, 2.24) is 0 Å². The summed E-state index contributed by atoms with van der Waals surface area (Å²) in [7, 11) is -3.24. The number of hydrogen-bond acceptors (Lipinski definition) is 4. The van der Waals surface area contributed by atoms with Crippen LogP contribution in [0.1, 0.15) is 6.42 Å². The van der Waals surface area contributed by atoms with Crippen molar-refractivity contribution >= 4 is 9.84 Å². The topological polar surface area (TPSA) is 55.9 Å². The number of benzene rings is 2. The van der Waals surface area contributed by atoms with E-state index in [0.29, 0.717) is 23.7 Å². The maximum Gasteiger partial charge on any atom is 0.178 e. The van der Waals surface area contributed by atoms with E-state index in [1.54, 1.807) is 24.3 Å². The van der Waals surface area contributed by atoms with E-state index >= 15 is 0 Å². The second-order valence-electron chi connectivity index (χ2n) is 4.95. The predicted octanol–water partition coefficient (Wildman–Crippen LogP) is 3.04. The molecule has 0 aromatic heterocycles. The predicted molar refractivity (Wildman–Crippen MR) is 79.4 cm³/mol. The van der Waals surface area contributed by atoms with E-state index in [1.165, 1.54) is 0 Å². The minimum Gasteiger partial charge on any atom is -0.457 e.